The summed E-state index contributed by atoms with van der Waals surface area (Å²) in [6.07, 6.45) is -0.473. The van der Waals surface area contributed by atoms with Gasteiger partial charge in [0.1, 0.15) is 22.3 Å². The average Bonchev–Trinajstić information content (AvgIpc) is 3.24. The van der Waals surface area contributed by atoms with Gasteiger partial charge in [0.05, 0.1) is 26.0 Å². The van der Waals surface area contributed by atoms with Crippen LogP contribution in [0.5, 0.6) is 11.5 Å². The number of methoxy groups -OCH3 is 1. The van der Waals surface area contributed by atoms with Crippen molar-refractivity contribution in [3.05, 3.63) is 65.6 Å². The van der Waals surface area contributed by atoms with Crippen LogP contribution in [0, 0.1) is 0 Å². The van der Waals surface area contributed by atoms with E-state index < -0.39 is 14.5 Å². The Morgan fingerprint density at radius 1 is 1.08 bits per heavy atom. The van der Waals surface area contributed by atoms with E-state index in [1.165, 1.54) is 0 Å². The van der Waals surface area contributed by atoms with Crippen LogP contribution in [0.4, 0.5) is 4.79 Å². The van der Waals surface area contributed by atoms with Gasteiger partial charge in [-0.25, -0.2) is 9.78 Å². The smallest absolute Gasteiger partial charge is 0.404 e. The van der Waals surface area contributed by atoms with E-state index in [1.807, 2.05) is 62.4 Å². The Balaban J connectivity index is 1.87. The Bertz CT molecular complexity index is 1170. The van der Waals surface area contributed by atoms with Crippen LogP contribution >= 0.6 is 20.1 Å². The minimum atomic E-state index is -1.08. The summed E-state index contributed by atoms with van der Waals surface area (Å²) in [5.74, 6) is 2.28. The van der Waals surface area contributed by atoms with Crippen LogP contribution in [0.15, 0.2) is 58.5 Å². The summed E-state index contributed by atoms with van der Waals surface area (Å²) in [5.41, 5.74) is 7.21. The SMILES string of the molecule is CCOP(COc1ccc(Cn2c(COC(N)=O)nc(C(C)C)c2Sc2cccc(OC)c2)cc1)OCC. The summed E-state index contributed by atoms with van der Waals surface area (Å²) in [7, 11) is 0.568. The zero-order valence-corrected chi connectivity index (χ0v) is 24.2. The molecule has 3 aromatic rings. The van der Waals surface area contributed by atoms with Crippen molar-refractivity contribution in [2.75, 3.05) is 26.7 Å². The molecule has 1 heterocycles. The van der Waals surface area contributed by atoms with Crippen LogP contribution in [-0.4, -0.2) is 42.3 Å². The van der Waals surface area contributed by atoms with E-state index in [9.17, 15) is 4.79 Å². The Labute approximate surface area is 229 Å². The number of primary amides is 1. The fourth-order valence-corrected chi connectivity index (χ4v) is 5.84. The van der Waals surface area contributed by atoms with E-state index in [0.717, 1.165) is 32.7 Å². The van der Waals surface area contributed by atoms with Crippen LogP contribution in [-0.2, 0) is 26.9 Å². The molecule has 0 aliphatic rings. The number of benzene rings is 2. The van der Waals surface area contributed by atoms with E-state index >= 15 is 0 Å². The van der Waals surface area contributed by atoms with Crippen LogP contribution in [0.3, 0.4) is 0 Å². The molecule has 2 N–H and O–H groups in total. The lowest BCUT2D eigenvalue weighted by Crippen LogP contribution is -2.15. The number of nitrogens with zero attached hydrogens (tertiary/aromatic N) is 2. The van der Waals surface area contributed by atoms with Crippen molar-refractivity contribution in [2.24, 2.45) is 5.73 Å². The van der Waals surface area contributed by atoms with Gasteiger partial charge in [0, 0.05) is 11.4 Å². The number of amides is 1. The average molecular weight is 562 g/mol. The molecule has 38 heavy (non-hydrogen) atoms. The maximum atomic E-state index is 11.4. The van der Waals surface area contributed by atoms with Crippen LogP contribution in [0.2, 0.25) is 0 Å². The molecule has 0 bridgehead atoms. The number of hydrogen-bond donors (Lipinski definition) is 1. The van der Waals surface area contributed by atoms with E-state index in [2.05, 4.69) is 18.4 Å². The van der Waals surface area contributed by atoms with Gasteiger partial charge in [-0.3, -0.25) is 0 Å². The highest BCUT2D eigenvalue weighted by Crippen LogP contribution is 2.39. The Kier molecular flexibility index (Phi) is 11.7. The minimum Gasteiger partial charge on any atom is -0.497 e. The first kappa shape index (κ1) is 29.8. The van der Waals surface area contributed by atoms with E-state index in [1.54, 1.807) is 18.9 Å². The van der Waals surface area contributed by atoms with Crippen molar-refractivity contribution in [2.45, 2.75) is 56.7 Å². The van der Waals surface area contributed by atoms with Crippen molar-refractivity contribution in [3.63, 3.8) is 0 Å². The van der Waals surface area contributed by atoms with E-state index in [0.29, 0.717) is 31.9 Å². The molecule has 206 valence electrons. The van der Waals surface area contributed by atoms with Gasteiger partial charge >= 0.3 is 6.09 Å². The van der Waals surface area contributed by atoms with E-state index in [4.69, 9.17) is 34.0 Å². The molecule has 3 rings (SSSR count). The zero-order chi connectivity index (χ0) is 27.5. The Morgan fingerprint density at radius 3 is 2.39 bits per heavy atom. The molecule has 0 unspecified atom stereocenters. The van der Waals surface area contributed by atoms with Gasteiger partial charge < -0.3 is 33.6 Å². The third-order valence-corrected chi connectivity index (χ3v) is 7.86. The van der Waals surface area contributed by atoms with Crippen molar-refractivity contribution < 1.29 is 28.1 Å². The van der Waals surface area contributed by atoms with Gasteiger partial charge in [0.25, 0.3) is 0 Å². The Morgan fingerprint density at radius 2 is 1.79 bits per heavy atom. The van der Waals surface area contributed by atoms with Crippen LogP contribution in [0.25, 0.3) is 0 Å². The first-order chi connectivity index (χ1) is 18.3. The normalized spacial score (nSPS) is 11.2. The van der Waals surface area contributed by atoms with Gasteiger partial charge in [0.15, 0.2) is 13.0 Å². The number of aromatic nitrogens is 2. The predicted octanol–water partition coefficient (Wildman–Crippen LogP) is 6.53. The highest BCUT2D eigenvalue weighted by atomic mass is 32.2. The van der Waals surface area contributed by atoms with Crippen molar-refractivity contribution >= 4 is 26.2 Å². The maximum Gasteiger partial charge on any atom is 0.404 e. The lowest BCUT2D eigenvalue weighted by Gasteiger charge is -2.17. The van der Waals surface area contributed by atoms with Crippen molar-refractivity contribution in [1.82, 2.24) is 9.55 Å². The number of carbonyl (C=O) groups excluding carboxylic acids is 1. The summed E-state index contributed by atoms with van der Waals surface area (Å²) in [6.45, 7) is 9.71. The molecule has 0 saturated carbocycles. The number of carbonyl (C=O) groups is 1. The lowest BCUT2D eigenvalue weighted by atomic mass is 10.1. The molecule has 0 aliphatic heterocycles. The molecule has 11 heteroatoms. The molecule has 0 saturated heterocycles. The molecule has 9 nitrogen and oxygen atoms in total. The third kappa shape index (κ3) is 8.63. The lowest BCUT2D eigenvalue weighted by molar-refractivity contribution is 0.145. The fourth-order valence-electron chi connectivity index (χ4n) is 3.57. The molecule has 1 aromatic heterocycles. The number of imidazole rings is 1. The number of hydrogen-bond acceptors (Lipinski definition) is 8. The summed E-state index contributed by atoms with van der Waals surface area (Å²) in [6, 6.07) is 15.7. The highest BCUT2D eigenvalue weighted by Gasteiger charge is 2.22. The summed E-state index contributed by atoms with van der Waals surface area (Å²) in [4.78, 5) is 17.2. The third-order valence-electron chi connectivity index (χ3n) is 5.32. The second kappa shape index (κ2) is 15.0. The van der Waals surface area contributed by atoms with Gasteiger partial charge in [-0.2, -0.15) is 0 Å². The molecular weight excluding hydrogens is 525 g/mol. The maximum absolute atomic E-state index is 11.4. The molecule has 1 amide bonds. The topological polar surface area (TPSA) is 107 Å². The van der Waals surface area contributed by atoms with Crippen molar-refractivity contribution in [3.8, 4) is 11.5 Å². The van der Waals surface area contributed by atoms with Gasteiger partial charge in [-0.15, -0.1) is 0 Å². The number of ether oxygens (including phenoxy) is 3. The summed E-state index contributed by atoms with van der Waals surface area (Å²) < 4.78 is 29.7. The first-order valence-electron chi connectivity index (χ1n) is 12.4. The largest absolute Gasteiger partial charge is 0.497 e. The number of nitrogens with two attached hydrogens (primary N) is 1. The first-order valence-corrected chi connectivity index (χ1v) is 14.6. The highest BCUT2D eigenvalue weighted by molar-refractivity contribution is 7.99. The zero-order valence-electron chi connectivity index (χ0n) is 22.5. The summed E-state index contributed by atoms with van der Waals surface area (Å²) in [5, 5.41) is 0.968. The summed E-state index contributed by atoms with van der Waals surface area (Å²) >= 11 is 1.60. The Hall–Kier alpha value is -2.78. The quantitative estimate of drug-likeness (QED) is 0.209. The molecule has 2 aromatic carbocycles. The van der Waals surface area contributed by atoms with Gasteiger partial charge in [-0.1, -0.05) is 43.8 Å². The number of rotatable bonds is 15. The van der Waals surface area contributed by atoms with Crippen LogP contribution < -0.4 is 15.2 Å². The van der Waals surface area contributed by atoms with E-state index in [-0.39, 0.29) is 12.5 Å². The molecule has 0 spiro atoms. The van der Waals surface area contributed by atoms with Crippen LogP contribution in [0.1, 0.15) is 50.7 Å². The van der Waals surface area contributed by atoms with Gasteiger partial charge in [-0.05, 0) is 55.7 Å². The molecule has 0 atom stereocenters. The second-order valence-electron chi connectivity index (χ2n) is 8.43. The van der Waals surface area contributed by atoms with Crippen molar-refractivity contribution in [1.29, 1.82) is 0 Å². The standard InChI is InChI=1S/C27H36N3O6PS/c1-6-35-37(36-7-2)18-34-21-13-11-20(12-14-21)16-30-24(17-33-27(28)31)29-25(19(3)4)26(30)38-23-10-8-9-22(15-23)32-5/h8-15,19H,6-7,16-18H2,1-5H3,(H2,28,31). The molecule has 0 fully saturated rings. The molecular formula is C27H36N3O6PS. The predicted molar refractivity (Wildman–Crippen MR) is 149 cm³/mol. The minimum absolute atomic E-state index is 0.0205. The molecule has 0 radical (unpaired) electrons. The van der Waals surface area contributed by atoms with Gasteiger partial charge in [0.2, 0.25) is 8.38 Å². The molecule has 0 aliphatic carbocycles. The monoisotopic (exact) mass is 561 g/mol. The fraction of sp³-hybridized carbons (Fsp3) is 0.407. The second-order valence-corrected chi connectivity index (χ2v) is 10.9.